The number of hydrogen-bond donors (Lipinski definition) is 0. The van der Waals surface area contributed by atoms with Crippen LogP contribution in [0.15, 0.2) is 35.5 Å². The van der Waals surface area contributed by atoms with E-state index in [0.717, 1.165) is 16.5 Å². The van der Waals surface area contributed by atoms with Crippen LogP contribution in [-0.2, 0) is 11.8 Å². The van der Waals surface area contributed by atoms with Gasteiger partial charge in [-0.05, 0) is 6.92 Å². The molecule has 1 aromatic heterocycles. The van der Waals surface area contributed by atoms with Gasteiger partial charge in [-0.2, -0.15) is 0 Å². The smallest absolute Gasteiger partial charge is 0.235 e. The van der Waals surface area contributed by atoms with Crippen LogP contribution in [0.3, 0.4) is 0 Å². The number of carbonyl (C=O) groups excluding carboxylic acids is 1. The average molecular weight is 290 g/mol. The Labute approximate surface area is 123 Å². The van der Waals surface area contributed by atoms with Crippen molar-refractivity contribution < 1.29 is 4.79 Å². The third-order valence-electron chi connectivity index (χ3n) is 2.94. The Morgan fingerprint density at radius 2 is 1.90 bits per heavy atom. The second kappa shape index (κ2) is 6.09. The Morgan fingerprint density at radius 3 is 2.50 bits per heavy atom. The number of amides is 1. The van der Waals surface area contributed by atoms with Gasteiger partial charge >= 0.3 is 0 Å². The lowest BCUT2D eigenvalue weighted by molar-refractivity contribution is -0.127. The van der Waals surface area contributed by atoms with E-state index >= 15 is 0 Å². The Hall–Kier alpha value is -1.82. The zero-order valence-electron chi connectivity index (χ0n) is 12.1. The first-order chi connectivity index (χ1) is 9.50. The molecule has 20 heavy (non-hydrogen) atoms. The molecule has 0 radical (unpaired) electrons. The van der Waals surface area contributed by atoms with Gasteiger partial charge in [-0.3, -0.25) is 4.79 Å². The van der Waals surface area contributed by atoms with Gasteiger partial charge in [-0.15, -0.1) is 10.2 Å². The van der Waals surface area contributed by atoms with Gasteiger partial charge in [0.15, 0.2) is 11.0 Å². The number of nitrogens with zero attached hydrogens (tertiary/aromatic N) is 4. The highest BCUT2D eigenvalue weighted by molar-refractivity contribution is 8.00. The molecular formula is C14H18N4OS. The van der Waals surface area contributed by atoms with Crippen LogP contribution in [0.25, 0.3) is 11.4 Å². The highest BCUT2D eigenvalue weighted by Gasteiger charge is 2.20. The topological polar surface area (TPSA) is 51.0 Å². The van der Waals surface area contributed by atoms with E-state index in [-0.39, 0.29) is 11.2 Å². The fourth-order valence-electron chi connectivity index (χ4n) is 1.83. The van der Waals surface area contributed by atoms with Gasteiger partial charge in [0.05, 0.1) is 5.25 Å². The molecule has 0 saturated heterocycles. The largest absolute Gasteiger partial charge is 0.348 e. The summed E-state index contributed by atoms with van der Waals surface area (Å²) < 4.78 is 1.92. The molecule has 2 aromatic rings. The van der Waals surface area contributed by atoms with Crippen molar-refractivity contribution in [2.45, 2.75) is 17.3 Å². The molecule has 1 amide bonds. The van der Waals surface area contributed by atoms with E-state index in [1.54, 1.807) is 19.0 Å². The van der Waals surface area contributed by atoms with Crippen molar-refractivity contribution in [1.29, 1.82) is 0 Å². The molecule has 0 aliphatic heterocycles. The normalized spacial score (nSPS) is 12.2. The Bertz CT molecular complexity index is 594. The molecule has 0 aliphatic rings. The molecule has 6 heteroatoms. The predicted molar refractivity (Wildman–Crippen MR) is 80.5 cm³/mol. The fourth-order valence-corrected chi connectivity index (χ4v) is 2.79. The molecule has 106 valence electrons. The first-order valence-electron chi connectivity index (χ1n) is 6.33. The molecule has 1 heterocycles. The van der Waals surface area contributed by atoms with Gasteiger partial charge in [-0.1, -0.05) is 42.1 Å². The van der Waals surface area contributed by atoms with E-state index in [1.807, 2.05) is 48.9 Å². The predicted octanol–water partition coefficient (Wildman–Crippen LogP) is 2.05. The van der Waals surface area contributed by atoms with Gasteiger partial charge in [0.1, 0.15) is 0 Å². The van der Waals surface area contributed by atoms with E-state index in [0.29, 0.717) is 0 Å². The molecule has 0 fully saturated rings. The number of benzene rings is 1. The first-order valence-corrected chi connectivity index (χ1v) is 7.21. The molecule has 0 unspecified atom stereocenters. The number of carbonyl (C=O) groups is 1. The van der Waals surface area contributed by atoms with Crippen LogP contribution in [-0.4, -0.2) is 44.9 Å². The Morgan fingerprint density at radius 1 is 1.25 bits per heavy atom. The maximum absolute atomic E-state index is 11.9. The molecular weight excluding hydrogens is 272 g/mol. The lowest BCUT2D eigenvalue weighted by Crippen LogP contribution is -2.29. The molecule has 0 N–H and O–H groups in total. The second-order valence-electron chi connectivity index (χ2n) is 4.72. The molecule has 0 saturated carbocycles. The summed E-state index contributed by atoms with van der Waals surface area (Å²) in [6.07, 6.45) is 0. The molecule has 2 rings (SSSR count). The van der Waals surface area contributed by atoms with Crippen molar-refractivity contribution in [3.63, 3.8) is 0 Å². The summed E-state index contributed by atoms with van der Waals surface area (Å²) in [5.74, 6) is 0.872. The summed E-state index contributed by atoms with van der Waals surface area (Å²) >= 11 is 1.42. The zero-order chi connectivity index (χ0) is 14.7. The third-order valence-corrected chi connectivity index (χ3v) is 4.06. The van der Waals surface area contributed by atoms with Crippen molar-refractivity contribution in [2.75, 3.05) is 14.1 Å². The summed E-state index contributed by atoms with van der Waals surface area (Å²) in [5.41, 5.74) is 1.01. The van der Waals surface area contributed by atoms with E-state index in [1.165, 1.54) is 11.8 Å². The van der Waals surface area contributed by atoms with Crippen molar-refractivity contribution in [1.82, 2.24) is 19.7 Å². The maximum Gasteiger partial charge on any atom is 0.235 e. The molecule has 1 aromatic carbocycles. The Balaban J connectivity index is 2.20. The van der Waals surface area contributed by atoms with Crippen LogP contribution in [0.4, 0.5) is 0 Å². The van der Waals surface area contributed by atoms with Crippen molar-refractivity contribution in [3.8, 4) is 11.4 Å². The van der Waals surface area contributed by atoms with Crippen LogP contribution in [0.2, 0.25) is 0 Å². The molecule has 1 atom stereocenters. The SMILES string of the molecule is C[C@H](Sc1nnc(-c2ccccc2)n1C)C(=O)N(C)C. The number of rotatable bonds is 4. The van der Waals surface area contributed by atoms with Crippen LogP contribution in [0, 0.1) is 0 Å². The van der Waals surface area contributed by atoms with Gasteiger partial charge < -0.3 is 9.47 Å². The molecule has 0 bridgehead atoms. The van der Waals surface area contributed by atoms with E-state index in [4.69, 9.17) is 0 Å². The minimum Gasteiger partial charge on any atom is -0.348 e. The van der Waals surface area contributed by atoms with Crippen molar-refractivity contribution in [2.24, 2.45) is 7.05 Å². The lowest BCUT2D eigenvalue weighted by atomic mass is 10.2. The van der Waals surface area contributed by atoms with Crippen LogP contribution >= 0.6 is 11.8 Å². The summed E-state index contributed by atoms with van der Waals surface area (Å²) in [6.45, 7) is 1.88. The quantitative estimate of drug-likeness (QED) is 0.809. The lowest BCUT2D eigenvalue weighted by Gasteiger charge is -2.15. The number of hydrogen-bond acceptors (Lipinski definition) is 4. The highest BCUT2D eigenvalue weighted by atomic mass is 32.2. The molecule has 0 spiro atoms. The minimum absolute atomic E-state index is 0.0688. The molecule has 5 nitrogen and oxygen atoms in total. The van der Waals surface area contributed by atoms with Crippen molar-refractivity contribution in [3.05, 3.63) is 30.3 Å². The Kier molecular flexibility index (Phi) is 4.44. The van der Waals surface area contributed by atoms with E-state index in [2.05, 4.69) is 10.2 Å². The van der Waals surface area contributed by atoms with E-state index in [9.17, 15) is 4.79 Å². The molecule has 0 aliphatic carbocycles. The average Bonchev–Trinajstić information content (AvgIpc) is 2.80. The van der Waals surface area contributed by atoms with Crippen LogP contribution in [0.5, 0.6) is 0 Å². The number of aromatic nitrogens is 3. The van der Waals surface area contributed by atoms with E-state index < -0.39 is 0 Å². The highest BCUT2D eigenvalue weighted by Crippen LogP contribution is 2.25. The van der Waals surface area contributed by atoms with Crippen LogP contribution in [0.1, 0.15) is 6.92 Å². The zero-order valence-corrected chi connectivity index (χ0v) is 12.9. The van der Waals surface area contributed by atoms with Gasteiger partial charge in [0.25, 0.3) is 0 Å². The monoisotopic (exact) mass is 290 g/mol. The standard InChI is InChI=1S/C14H18N4OS/c1-10(13(19)17(2)3)20-14-16-15-12(18(14)4)11-8-6-5-7-9-11/h5-10H,1-4H3/t10-/m0/s1. The summed E-state index contributed by atoms with van der Waals surface area (Å²) in [7, 11) is 5.43. The third kappa shape index (κ3) is 3.01. The fraction of sp³-hybridized carbons (Fsp3) is 0.357. The second-order valence-corrected chi connectivity index (χ2v) is 6.03. The minimum atomic E-state index is -0.184. The van der Waals surface area contributed by atoms with Gasteiger partial charge in [0.2, 0.25) is 5.91 Å². The van der Waals surface area contributed by atoms with Crippen molar-refractivity contribution >= 4 is 17.7 Å². The number of thioether (sulfide) groups is 1. The van der Waals surface area contributed by atoms with Gasteiger partial charge in [0, 0.05) is 26.7 Å². The van der Waals surface area contributed by atoms with Gasteiger partial charge in [-0.25, -0.2) is 0 Å². The first kappa shape index (κ1) is 14.6. The summed E-state index contributed by atoms with van der Waals surface area (Å²) in [6, 6.07) is 9.89. The maximum atomic E-state index is 11.9. The summed E-state index contributed by atoms with van der Waals surface area (Å²) in [4.78, 5) is 13.5. The summed E-state index contributed by atoms with van der Waals surface area (Å²) in [5, 5.41) is 8.95. The van der Waals surface area contributed by atoms with Crippen LogP contribution < -0.4 is 0 Å².